The maximum Gasteiger partial charge on any atom is 0.261 e. The number of nitrogens with one attached hydrogen (secondary N) is 1. The summed E-state index contributed by atoms with van der Waals surface area (Å²) in [6, 6.07) is 11.9. The van der Waals surface area contributed by atoms with E-state index in [1.165, 1.54) is 0 Å². The van der Waals surface area contributed by atoms with Crippen LogP contribution in [-0.2, 0) is 16.1 Å². The predicted octanol–water partition coefficient (Wildman–Crippen LogP) is 5.21. The fourth-order valence-electron chi connectivity index (χ4n) is 3.15. The molecular weight excluding hydrogens is 496 g/mol. The van der Waals surface area contributed by atoms with Crippen molar-refractivity contribution in [2.24, 2.45) is 0 Å². The number of hydrogen-bond acceptors (Lipinski definition) is 4. The van der Waals surface area contributed by atoms with Gasteiger partial charge < -0.3 is 19.7 Å². The zero-order valence-electron chi connectivity index (χ0n) is 19.1. The zero-order chi connectivity index (χ0) is 23.9. The molecule has 32 heavy (non-hydrogen) atoms. The molecule has 0 spiro atoms. The number of ether oxygens (including phenoxy) is 2. The van der Waals surface area contributed by atoms with E-state index in [0.717, 1.165) is 5.56 Å². The van der Waals surface area contributed by atoms with E-state index in [1.54, 1.807) is 30.2 Å². The van der Waals surface area contributed by atoms with Crippen molar-refractivity contribution in [3.8, 4) is 11.5 Å². The Labute approximate surface area is 203 Å². The molecule has 0 saturated carbocycles. The van der Waals surface area contributed by atoms with Crippen molar-refractivity contribution in [3.63, 3.8) is 0 Å². The van der Waals surface area contributed by atoms with Crippen molar-refractivity contribution >= 4 is 39.3 Å². The highest BCUT2D eigenvalue weighted by Crippen LogP contribution is 2.28. The van der Waals surface area contributed by atoms with Gasteiger partial charge in [0.1, 0.15) is 17.5 Å². The summed E-state index contributed by atoms with van der Waals surface area (Å²) < 4.78 is 11.7. The number of halogens is 2. The Morgan fingerprint density at radius 1 is 1.19 bits per heavy atom. The monoisotopic (exact) mass is 524 g/mol. The van der Waals surface area contributed by atoms with Gasteiger partial charge in [0.05, 0.1) is 11.6 Å². The van der Waals surface area contributed by atoms with Crippen molar-refractivity contribution in [3.05, 3.63) is 57.5 Å². The molecule has 2 aromatic rings. The van der Waals surface area contributed by atoms with E-state index in [-0.39, 0.29) is 25.0 Å². The summed E-state index contributed by atoms with van der Waals surface area (Å²) in [6.07, 6.45) is 0.461. The average Bonchev–Trinajstić information content (AvgIpc) is 2.71. The molecule has 1 atom stereocenters. The Hall–Kier alpha value is -2.25. The Morgan fingerprint density at radius 2 is 1.91 bits per heavy atom. The number of methoxy groups -OCH3 is 1. The molecule has 0 radical (unpaired) electrons. The van der Waals surface area contributed by atoms with Gasteiger partial charge in [-0.1, -0.05) is 30.7 Å². The normalized spacial score (nSPS) is 12.1. The number of carbonyl (C=O) groups is 2. The summed E-state index contributed by atoms with van der Waals surface area (Å²) in [7, 11) is 1.59. The van der Waals surface area contributed by atoms with Gasteiger partial charge >= 0.3 is 0 Å². The van der Waals surface area contributed by atoms with E-state index in [0.29, 0.717) is 27.4 Å². The van der Waals surface area contributed by atoms with Crippen molar-refractivity contribution < 1.29 is 19.1 Å². The third-order valence-corrected chi connectivity index (χ3v) is 5.47. The summed E-state index contributed by atoms with van der Waals surface area (Å²) in [4.78, 5) is 27.8. The van der Waals surface area contributed by atoms with Gasteiger partial charge in [-0.05, 0) is 79.0 Å². The minimum atomic E-state index is -0.648. The third-order valence-electron chi connectivity index (χ3n) is 4.62. The number of benzene rings is 2. The molecule has 0 heterocycles. The van der Waals surface area contributed by atoms with Gasteiger partial charge in [-0.3, -0.25) is 9.59 Å². The molecule has 0 aliphatic heterocycles. The lowest BCUT2D eigenvalue weighted by molar-refractivity contribution is -0.143. The SMILES string of the molecule is CCC(C(=O)NC(C)(C)C)N(Cc1cccc(OC)c1)C(=O)COc1ccc(Cl)cc1Br. The third kappa shape index (κ3) is 7.71. The lowest BCUT2D eigenvalue weighted by atomic mass is 10.1. The molecule has 0 bridgehead atoms. The predicted molar refractivity (Wildman–Crippen MR) is 130 cm³/mol. The molecule has 1 N–H and O–H groups in total. The molecule has 2 rings (SSSR count). The van der Waals surface area contributed by atoms with Gasteiger partial charge in [0, 0.05) is 17.1 Å². The van der Waals surface area contributed by atoms with Gasteiger partial charge in [-0.2, -0.15) is 0 Å². The summed E-state index contributed by atoms with van der Waals surface area (Å²) in [6.45, 7) is 7.64. The van der Waals surface area contributed by atoms with Crippen LogP contribution < -0.4 is 14.8 Å². The summed E-state index contributed by atoms with van der Waals surface area (Å²) in [5.41, 5.74) is 0.437. The van der Waals surface area contributed by atoms with Gasteiger partial charge in [0.15, 0.2) is 6.61 Å². The Balaban J connectivity index is 2.28. The molecule has 6 nitrogen and oxygen atoms in total. The Morgan fingerprint density at radius 3 is 2.50 bits per heavy atom. The molecule has 0 fully saturated rings. The number of carbonyl (C=O) groups excluding carboxylic acids is 2. The Bertz CT molecular complexity index is 946. The average molecular weight is 526 g/mol. The number of rotatable bonds is 9. The standard InChI is InChI=1S/C24H30BrClN2O4/c1-6-20(23(30)27-24(2,3)4)28(14-16-8-7-9-18(12-16)31-5)22(29)15-32-21-11-10-17(26)13-19(21)25/h7-13,20H,6,14-15H2,1-5H3,(H,27,30). The maximum atomic E-state index is 13.3. The number of hydrogen-bond donors (Lipinski definition) is 1. The van der Waals surface area contributed by atoms with Gasteiger partial charge in [0.25, 0.3) is 5.91 Å². The van der Waals surface area contributed by atoms with Crippen molar-refractivity contribution in [1.29, 1.82) is 0 Å². The van der Waals surface area contributed by atoms with Crippen LogP contribution in [0.2, 0.25) is 5.02 Å². The maximum absolute atomic E-state index is 13.3. The van der Waals surface area contributed by atoms with Crippen LogP contribution in [0.1, 0.15) is 39.7 Å². The molecular formula is C24H30BrClN2O4. The largest absolute Gasteiger partial charge is 0.497 e. The highest BCUT2D eigenvalue weighted by molar-refractivity contribution is 9.10. The van der Waals surface area contributed by atoms with Crippen LogP contribution in [0.25, 0.3) is 0 Å². The van der Waals surface area contributed by atoms with Crippen LogP contribution in [0.5, 0.6) is 11.5 Å². The van der Waals surface area contributed by atoms with Crippen LogP contribution >= 0.6 is 27.5 Å². The van der Waals surface area contributed by atoms with E-state index in [2.05, 4.69) is 21.2 Å². The van der Waals surface area contributed by atoms with Gasteiger partial charge in [-0.25, -0.2) is 0 Å². The first-order valence-electron chi connectivity index (χ1n) is 10.4. The zero-order valence-corrected chi connectivity index (χ0v) is 21.4. The molecule has 2 amide bonds. The van der Waals surface area contributed by atoms with E-state index < -0.39 is 11.6 Å². The van der Waals surface area contributed by atoms with Crippen molar-refractivity contribution in [2.75, 3.05) is 13.7 Å². The topological polar surface area (TPSA) is 67.9 Å². The van der Waals surface area contributed by atoms with Crippen molar-refractivity contribution in [2.45, 2.75) is 52.2 Å². The minimum Gasteiger partial charge on any atom is -0.497 e. The van der Waals surface area contributed by atoms with E-state index in [9.17, 15) is 9.59 Å². The van der Waals surface area contributed by atoms with E-state index in [4.69, 9.17) is 21.1 Å². The molecule has 2 aromatic carbocycles. The molecule has 174 valence electrons. The van der Waals surface area contributed by atoms with Crippen LogP contribution in [0, 0.1) is 0 Å². The fourth-order valence-corrected chi connectivity index (χ4v) is 3.95. The lowest BCUT2D eigenvalue weighted by Gasteiger charge is -2.33. The number of amides is 2. The highest BCUT2D eigenvalue weighted by atomic mass is 79.9. The van der Waals surface area contributed by atoms with Crippen LogP contribution in [0.15, 0.2) is 46.9 Å². The van der Waals surface area contributed by atoms with E-state index >= 15 is 0 Å². The fraction of sp³-hybridized carbons (Fsp3) is 0.417. The molecule has 1 unspecified atom stereocenters. The first-order valence-corrected chi connectivity index (χ1v) is 11.5. The second-order valence-electron chi connectivity index (χ2n) is 8.40. The summed E-state index contributed by atoms with van der Waals surface area (Å²) in [5, 5.41) is 3.54. The lowest BCUT2D eigenvalue weighted by Crippen LogP contribution is -2.54. The number of nitrogens with zero attached hydrogens (tertiary/aromatic N) is 1. The first kappa shape index (κ1) is 26.0. The molecule has 8 heteroatoms. The minimum absolute atomic E-state index is 0.205. The molecule has 0 aliphatic carbocycles. The quantitative estimate of drug-likeness (QED) is 0.488. The van der Waals surface area contributed by atoms with Crippen LogP contribution in [0.4, 0.5) is 0 Å². The van der Waals surface area contributed by atoms with E-state index in [1.807, 2.05) is 52.0 Å². The first-order chi connectivity index (χ1) is 15.0. The summed E-state index contributed by atoms with van der Waals surface area (Å²) in [5.74, 6) is 0.675. The van der Waals surface area contributed by atoms with Gasteiger partial charge in [-0.15, -0.1) is 0 Å². The van der Waals surface area contributed by atoms with Crippen LogP contribution in [0.3, 0.4) is 0 Å². The molecule has 0 aromatic heterocycles. The second-order valence-corrected chi connectivity index (χ2v) is 9.69. The summed E-state index contributed by atoms with van der Waals surface area (Å²) >= 11 is 9.37. The van der Waals surface area contributed by atoms with Crippen LogP contribution in [-0.4, -0.2) is 42.0 Å². The smallest absolute Gasteiger partial charge is 0.261 e. The molecule has 0 aliphatic rings. The van der Waals surface area contributed by atoms with Crippen molar-refractivity contribution in [1.82, 2.24) is 10.2 Å². The second kappa shape index (κ2) is 11.6. The van der Waals surface area contributed by atoms with Gasteiger partial charge in [0.2, 0.25) is 5.91 Å². The Kier molecular flexibility index (Phi) is 9.40. The molecule has 0 saturated heterocycles. The highest BCUT2D eigenvalue weighted by Gasteiger charge is 2.31.